The van der Waals surface area contributed by atoms with Gasteiger partial charge < -0.3 is 8.83 Å². The molecule has 0 saturated carbocycles. The van der Waals surface area contributed by atoms with Crippen molar-refractivity contribution in [1.82, 2.24) is 24.9 Å². The molecule has 0 aromatic carbocycles. The summed E-state index contributed by atoms with van der Waals surface area (Å²) < 4.78 is 12.9. The highest BCUT2D eigenvalue weighted by molar-refractivity contribution is 5.42. The summed E-state index contributed by atoms with van der Waals surface area (Å²) in [5.74, 6) is 1.66. The Morgan fingerprint density at radius 2 is 2.27 bits per heavy atom. The largest absolute Gasteiger partial charge is 0.459 e. The zero-order chi connectivity index (χ0) is 14.8. The zero-order valence-corrected chi connectivity index (χ0v) is 12.1. The third kappa shape index (κ3) is 2.67. The first kappa shape index (κ1) is 13.3. The van der Waals surface area contributed by atoms with Gasteiger partial charge in [-0.15, -0.1) is 10.2 Å². The summed E-state index contributed by atoms with van der Waals surface area (Å²) in [6, 6.07) is 6.03. The summed E-state index contributed by atoms with van der Waals surface area (Å²) in [6.07, 6.45) is 7.76. The van der Waals surface area contributed by atoms with E-state index < -0.39 is 0 Å². The predicted octanol–water partition coefficient (Wildman–Crippen LogP) is 2.19. The molecule has 1 saturated heterocycles. The molecule has 7 nitrogen and oxygen atoms in total. The van der Waals surface area contributed by atoms with Gasteiger partial charge >= 0.3 is 0 Å². The van der Waals surface area contributed by atoms with Crippen LogP contribution in [0, 0.1) is 0 Å². The van der Waals surface area contributed by atoms with Crippen molar-refractivity contribution in [2.75, 3.05) is 6.54 Å². The Morgan fingerprint density at radius 3 is 3.09 bits per heavy atom. The first-order valence-corrected chi connectivity index (χ1v) is 7.46. The van der Waals surface area contributed by atoms with Crippen molar-refractivity contribution in [2.24, 2.45) is 0 Å². The average molecular weight is 299 g/mol. The fourth-order valence-corrected chi connectivity index (χ4v) is 2.93. The Kier molecular flexibility index (Phi) is 3.48. The van der Waals surface area contributed by atoms with Crippen LogP contribution in [0.3, 0.4) is 0 Å². The summed E-state index contributed by atoms with van der Waals surface area (Å²) in [6.45, 7) is 2.61. The van der Waals surface area contributed by atoms with Gasteiger partial charge in [-0.1, -0.05) is 0 Å². The number of likely N-dealkylation sites (tertiary alicyclic amines) is 1. The van der Waals surface area contributed by atoms with Crippen LogP contribution in [0.4, 0.5) is 0 Å². The lowest BCUT2D eigenvalue weighted by atomic mass is 10.2. The smallest absolute Gasteiger partial charge is 0.283 e. The number of rotatable bonds is 5. The summed E-state index contributed by atoms with van der Waals surface area (Å²) in [5, 5.41) is 12.5. The Hall–Kier alpha value is -2.41. The van der Waals surface area contributed by atoms with E-state index >= 15 is 0 Å². The monoisotopic (exact) mass is 299 g/mol. The van der Waals surface area contributed by atoms with E-state index in [1.807, 2.05) is 29.2 Å². The normalized spacial score (nSPS) is 19.0. The minimum Gasteiger partial charge on any atom is -0.459 e. The summed E-state index contributed by atoms with van der Waals surface area (Å²) >= 11 is 0. The standard InChI is InChI=1S/C15H17N5O2/c1-4-12(10-20-8-3-6-16-20)19(7-1)11-14-17-18-15(22-14)13-5-2-9-21-13/h2-3,5-6,8-9,12H,1,4,7,10-11H2. The second-order valence-electron chi connectivity index (χ2n) is 5.47. The van der Waals surface area contributed by atoms with Crippen LogP contribution >= 0.6 is 0 Å². The maximum Gasteiger partial charge on any atom is 0.283 e. The Bertz CT molecular complexity index is 704. The summed E-state index contributed by atoms with van der Waals surface area (Å²) in [7, 11) is 0. The van der Waals surface area contributed by atoms with E-state index in [4.69, 9.17) is 8.83 Å². The molecule has 22 heavy (non-hydrogen) atoms. The topological polar surface area (TPSA) is 73.1 Å². The van der Waals surface area contributed by atoms with Crippen molar-refractivity contribution >= 4 is 0 Å². The third-order valence-corrected chi connectivity index (χ3v) is 3.99. The molecule has 0 N–H and O–H groups in total. The maximum absolute atomic E-state index is 5.69. The van der Waals surface area contributed by atoms with Gasteiger partial charge in [-0.2, -0.15) is 5.10 Å². The molecule has 0 radical (unpaired) electrons. The number of hydrogen-bond acceptors (Lipinski definition) is 6. The quantitative estimate of drug-likeness (QED) is 0.719. The van der Waals surface area contributed by atoms with Gasteiger partial charge in [-0.25, -0.2) is 0 Å². The Labute approximate surface area is 127 Å². The van der Waals surface area contributed by atoms with Crippen molar-refractivity contribution < 1.29 is 8.83 Å². The van der Waals surface area contributed by atoms with Crippen molar-refractivity contribution in [2.45, 2.75) is 32.0 Å². The number of nitrogens with zero attached hydrogens (tertiary/aromatic N) is 5. The molecular formula is C15H17N5O2. The molecule has 1 atom stereocenters. The summed E-state index contributed by atoms with van der Waals surface area (Å²) in [4.78, 5) is 2.38. The van der Waals surface area contributed by atoms with Crippen molar-refractivity contribution in [3.05, 3.63) is 42.7 Å². The molecule has 0 spiro atoms. The van der Waals surface area contributed by atoms with Crippen LogP contribution in [-0.2, 0) is 13.1 Å². The first-order valence-electron chi connectivity index (χ1n) is 7.46. The van der Waals surface area contributed by atoms with Gasteiger partial charge in [0.1, 0.15) is 0 Å². The molecule has 3 aromatic heterocycles. The Balaban J connectivity index is 1.44. The molecule has 1 unspecified atom stereocenters. The van der Waals surface area contributed by atoms with Crippen LogP contribution in [0.15, 0.2) is 45.7 Å². The predicted molar refractivity (Wildman–Crippen MR) is 77.7 cm³/mol. The van der Waals surface area contributed by atoms with E-state index in [1.54, 1.807) is 12.3 Å². The molecule has 0 amide bonds. The van der Waals surface area contributed by atoms with Crippen molar-refractivity contribution in [1.29, 1.82) is 0 Å². The second kappa shape index (κ2) is 5.76. The fraction of sp³-hybridized carbons (Fsp3) is 0.400. The van der Waals surface area contributed by atoms with Crippen LogP contribution in [-0.4, -0.2) is 37.5 Å². The molecule has 7 heteroatoms. The molecule has 1 fully saturated rings. The van der Waals surface area contributed by atoms with E-state index in [9.17, 15) is 0 Å². The van der Waals surface area contributed by atoms with E-state index in [0.717, 1.165) is 13.1 Å². The lowest BCUT2D eigenvalue weighted by Crippen LogP contribution is -2.32. The Morgan fingerprint density at radius 1 is 1.27 bits per heavy atom. The minimum atomic E-state index is 0.433. The van der Waals surface area contributed by atoms with E-state index in [-0.39, 0.29) is 0 Å². The molecule has 3 aromatic rings. The molecule has 1 aliphatic heterocycles. The average Bonchev–Trinajstić information content (AvgIpc) is 3.28. The highest BCUT2D eigenvalue weighted by Gasteiger charge is 2.26. The van der Waals surface area contributed by atoms with E-state index in [1.165, 1.54) is 12.8 Å². The number of aromatic nitrogens is 4. The van der Waals surface area contributed by atoms with Gasteiger partial charge in [0.25, 0.3) is 5.89 Å². The van der Waals surface area contributed by atoms with Gasteiger partial charge in [0.05, 0.1) is 19.4 Å². The SMILES string of the molecule is c1coc(-c2nnc(CN3CCCC3Cn3cccn3)o2)c1. The third-order valence-electron chi connectivity index (χ3n) is 3.99. The molecule has 4 rings (SSSR count). The molecule has 0 bridgehead atoms. The molecule has 0 aliphatic carbocycles. The number of hydrogen-bond donors (Lipinski definition) is 0. The van der Waals surface area contributed by atoms with Crippen LogP contribution in [0.2, 0.25) is 0 Å². The zero-order valence-electron chi connectivity index (χ0n) is 12.1. The molecule has 1 aliphatic rings. The molecule has 4 heterocycles. The fourth-order valence-electron chi connectivity index (χ4n) is 2.93. The lowest BCUT2D eigenvalue weighted by molar-refractivity contribution is 0.200. The minimum absolute atomic E-state index is 0.433. The van der Waals surface area contributed by atoms with Crippen LogP contribution < -0.4 is 0 Å². The van der Waals surface area contributed by atoms with Gasteiger partial charge in [-0.05, 0) is 37.6 Å². The molecular weight excluding hydrogens is 282 g/mol. The van der Waals surface area contributed by atoms with Gasteiger partial charge in [0.15, 0.2) is 5.76 Å². The van der Waals surface area contributed by atoms with Crippen LogP contribution in [0.1, 0.15) is 18.7 Å². The lowest BCUT2D eigenvalue weighted by Gasteiger charge is -2.22. The first-order chi connectivity index (χ1) is 10.9. The van der Waals surface area contributed by atoms with E-state index in [2.05, 4.69) is 20.2 Å². The highest BCUT2D eigenvalue weighted by atomic mass is 16.4. The van der Waals surface area contributed by atoms with Gasteiger partial charge in [-0.3, -0.25) is 9.58 Å². The number of furan rings is 1. The summed E-state index contributed by atoms with van der Waals surface area (Å²) in [5.41, 5.74) is 0. The van der Waals surface area contributed by atoms with Gasteiger partial charge in [0, 0.05) is 18.4 Å². The van der Waals surface area contributed by atoms with Gasteiger partial charge in [0.2, 0.25) is 5.89 Å². The van der Waals surface area contributed by atoms with Crippen LogP contribution in [0.5, 0.6) is 0 Å². The second-order valence-corrected chi connectivity index (χ2v) is 5.47. The van der Waals surface area contributed by atoms with Crippen molar-refractivity contribution in [3.8, 4) is 11.7 Å². The van der Waals surface area contributed by atoms with Crippen LogP contribution in [0.25, 0.3) is 11.7 Å². The molecule has 114 valence electrons. The van der Waals surface area contributed by atoms with E-state index in [0.29, 0.717) is 30.1 Å². The maximum atomic E-state index is 5.69. The highest BCUT2D eigenvalue weighted by Crippen LogP contribution is 2.23. The van der Waals surface area contributed by atoms with Crippen molar-refractivity contribution in [3.63, 3.8) is 0 Å².